The summed E-state index contributed by atoms with van der Waals surface area (Å²) >= 11 is 0. The van der Waals surface area contributed by atoms with E-state index in [9.17, 15) is 5.11 Å². The lowest BCUT2D eigenvalue weighted by Gasteiger charge is -2.13. The summed E-state index contributed by atoms with van der Waals surface area (Å²) in [6.07, 6.45) is 1.17. The molecular formula is C14H18N2O3. The van der Waals surface area contributed by atoms with E-state index < -0.39 is 6.10 Å². The first-order valence-electron chi connectivity index (χ1n) is 6.08. The molecular weight excluding hydrogens is 244 g/mol. The first kappa shape index (κ1) is 13.6. The highest BCUT2D eigenvalue weighted by atomic mass is 16.5. The lowest BCUT2D eigenvalue weighted by Crippen LogP contribution is -2.24. The number of fused-ring (bicyclic) bond motifs is 1. The molecule has 0 bridgehead atoms. The smallest absolute Gasteiger partial charge is 0.133 e. The van der Waals surface area contributed by atoms with Gasteiger partial charge in [-0.15, -0.1) is 0 Å². The number of hydrogen-bond acceptors (Lipinski definition) is 5. The number of pyridine rings is 1. The van der Waals surface area contributed by atoms with Crippen LogP contribution >= 0.6 is 0 Å². The summed E-state index contributed by atoms with van der Waals surface area (Å²) in [6, 6.07) is 7.72. The molecule has 2 N–H and O–H groups in total. The third-order valence-electron chi connectivity index (χ3n) is 2.84. The summed E-state index contributed by atoms with van der Waals surface area (Å²) in [7, 11) is 3.20. The van der Waals surface area contributed by atoms with Crippen molar-refractivity contribution in [3.8, 4) is 5.75 Å². The minimum Gasteiger partial charge on any atom is -0.497 e. The Labute approximate surface area is 112 Å². The summed E-state index contributed by atoms with van der Waals surface area (Å²) in [6.45, 7) is 0.692. The molecule has 0 saturated carbocycles. The van der Waals surface area contributed by atoms with Gasteiger partial charge in [0.2, 0.25) is 0 Å². The maximum atomic E-state index is 9.63. The van der Waals surface area contributed by atoms with Crippen LogP contribution in [-0.4, -0.2) is 43.6 Å². The highest BCUT2D eigenvalue weighted by Crippen LogP contribution is 2.25. The van der Waals surface area contributed by atoms with Crippen LogP contribution in [0.4, 0.5) is 5.82 Å². The predicted octanol–water partition coefficient (Wildman–Crippen LogP) is 1.66. The van der Waals surface area contributed by atoms with Crippen molar-refractivity contribution in [2.45, 2.75) is 6.10 Å². The molecule has 1 heterocycles. The van der Waals surface area contributed by atoms with Crippen LogP contribution in [0.3, 0.4) is 0 Å². The van der Waals surface area contributed by atoms with E-state index in [4.69, 9.17) is 9.47 Å². The second-order valence-corrected chi connectivity index (χ2v) is 4.24. The van der Waals surface area contributed by atoms with E-state index in [-0.39, 0.29) is 0 Å². The maximum absolute atomic E-state index is 9.63. The number of aliphatic hydroxyl groups excluding tert-OH is 1. The van der Waals surface area contributed by atoms with Gasteiger partial charge in [0.05, 0.1) is 19.8 Å². The maximum Gasteiger partial charge on any atom is 0.133 e. The molecule has 2 aromatic rings. The minimum atomic E-state index is -0.555. The number of aromatic nitrogens is 1. The molecule has 1 aromatic carbocycles. The van der Waals surface area contributed by atoms with Crippen molar-refractivity contribution in [2.75, 3.05) is 32.7 Å². The Hall–Kier alpha value is -1.85. The van der Waals surface area contributed by atoms with E-state index >= 15 is 0 Å². The van der Waals surface area contributed by atoms with Crippen LogP contribution in [0.1, 0.15) is 0 Å². The van der Waals surface area contributed by atoms with Crippen molar-refractivity contribution < 1.29 is 14.6 Å². The molecule has 0 radical (unpaired) electrons. The first-order chi connectivity index (χ1) is 9.24. The fourth-order valence-corrected chi connectivity index (χ4v) is 1.89. The number of rotatable bonds is 6. The topological polar surface area (TPSA) is 63.6 Å². The predicted molar refractivity (Wildman–Crippen MR) is 74.7 cm³/mol. The van der Waals surface area contributed by atoms with Crippen LogP contribution in [0.2, 0.25) is 0 Å². The van der Waals surface area contributed by atoms with Crippen molar-refractivity contribution in [2.24, 2.45) is 0 Å². The van der Waals surface area contributed by atoms with Gasteiger partial charge in [-0.25, -0.2) is 4.98 Å². The second-order valence-electron chi connectivity index (χ2n) is 4.24. The number of hydrogen-bond donors (Lipinski definition) is 2. The summed E-state index contributed by atoms with van der Waals surface area (Å²) in [5.74, 6) is 1.55. The van der Waals surface area contributed by atoms with Crippen LogP contribution in [0.5, 0.6) is 5.75 Å². The summed E-state index contributed by atoms with van der Waals surface area (Å²) in [4.78, 5) is 4.29. The van der Waals surface area contributed by atoms with Crippen molar-refractivity contribution in [1.29, 1.82) is 0 Å². The Bertz CT molecular complexity index is 545. The third-order valence-corrected chi connectivity index (χ3v) is 2.84. The lowest BCUT2D eigenvalue weighted by molar-refractivity contribution is 0.0727. The van der Waals surface area contributed by atoms with E-state index in [2.05, 4.69) is 10.3 Å². The lowest BCUT2D eigenvalue weighted by atomic mass is 10.1. The Morgan fingerprint density at radius 3 is 2.89 bits per heavy atom. The normalized spacial score (nSPS) is 12.4. The van der Waals surface area contributed by atoms with Gasteiger partial charge in [0.1, 0.15) is 11.6 Å². The number of ether oxygens (including phenoxy) is 2. The van der Waals surface area contributed by atoms with Gasteiger partial charge in [-0.1, -0.05) is 0 Å². The van der Waals surface area contributed by atoms with E-state index in [1.165, 1.54) is 0 Å². The number of anilines is 1. The van der Waals surface area contributed by atoms with Gasteiger partial charge in [-0.3, -0.25) is 0 Å². The molecule has 1 aromatic heterocycles. The number of nitrogens with zero attached hydrogens (tertiary/aromatic N) is 1. The second kappa shape index (κ2) is 6.36. The van der Waals surface area contributed by atoms with Crippen molar-refractivity contribution >= 4 is 16.6 Å². The molecule has 1 atom stereocenters. The molecule has 0 spiro atoms. The number of nitrogens with one attached hydrogen (secondary N) is 1. The molecule has 5 heteroatoms. The summed E-state index contributed by atoms with van der Waals surface area (Å²) < 4.78 is 10.1. The monoisotopic (exact) mass is 262 g/mol. The minimum absolute atomic E-state index is 0.297. The highest BCUT2D eigenvalue weighted by Gasteiger charge is 2.06. The van der Waals surface area contributed by atoms with E-state index in [1.807, 2.05) is 24.3 Å². The van der Waals surface area contributed by atoms with Crippen molar-refractivity contribution in [3.63, 3.8) is 0 Å². The fraction of sp³-hybridized carbons (Fsp3) is 0.357. The molecule has 1 unspecified atom stereocenters. The zero-order valence-corrected chi connectivity index (χ0v) is 11.1. The molecule has 0 aliphatic carbocycles. The molecule has 5 nitrogen and oxygen atoms in total. The molecule has 0 amide bonds. The Balaban J connectivity index is 2.19. The summed E-state index contributed by atoms with van der Waals surface area (Å²) in [5, 5.41) is 14.8. The standard InChI is InChI=1S/C14H18N2O3/c1-18-9-11(17)8-16-14-13-4-3-12(19-2)7-10(13)5-6-15-14/h3-7,11,17H,8-9H2,1-2H3,(H,15,16). The van der Waals surface area contributed by atoms with E-state index in [1.54, 1.807) is 20.4 Å². The Kier molecular flexibility index (Phi) is 4.54. The molecule has 0 saturated heterocycles. The fourth-order valence-electron chi connectivity index (χ4n) is 1.89. The number of benzene rings is 1. The van der Waals surface area contributed by atoms with Crippen LogP contribution in [-0.2, 0) is 4.74 Å². The largest absolute Gasteiger partial charge is 0.497 e. The average molecular weight is 262 g/mol. The SMILES string of the molecule is COCC(O)CNc1nccc2cc(OC)ccc12. The van der Waals surface area contributed by atoms with Crippen LogP contribution in [0.15, 0.2) is 30.5 Å². The zero-order chi connectivity index (χ0) is 13.7. The Morgan fingerprint density at radius 2 is 2.16 bits per heavy atom. The van der Waals surface area contributed by atoms with Gasteiger partial charge in [-0.2, -0.15) is 0 Å². The molecule has 0 aliphatic heterocycles. The Morgan fingerprint density at radius 1 is 1.32 bits per heavy atom. The molecule has 102 valence electrons. The van der Waals surface area contributed by atoms with E-state index in [0.717, 1.165) is 22.3 Å². The molecule has 19 heavy (non-hydrogen) atoms. The van der Waals surface area contributed by atoms with Crippen LogP contribution in [0, 0.1) is 0 Å². The van der Waals surface area contributed by atoms with Gasteiger partial charge in [0.15, 0.2) is 0 Å². The van der Waals surface area contributed by atoms with Crippen molar-refractivity contribution in [1.82, 2.24) is 4.98 Å². The van der Waals surface area contributed by atoms with Crippen LogP contribution < -0.4 is 10.1 Å². The summed E-state index contributed by atoms with van der Waals surface area (Å²) in [5.41, 5.74) is 0. The quantitative estimate of drug-likeness (QED) is 0.829. The van der Waals surface area contributed by atoms with Crippen molar-refractivity contribution in [3.05, 3.63) is 30.5 Å². The van der Waals surface area contributed by atoms with Gasteiger partial charge in [0, 0.05) is 25.2 Å². The zero-order valence-electron chi connectivity index (χ0n) is 11.1. The average Bonchev–Trinajstić information content (AvgIpc) is 2.44. The van der Waals surface area contributed by atoms with E-state index in [0.29, 0.717) is 13.2 Å². The first-order valence-corrected chi connectivity index (χ1v) is 6.08. The van der Waals surface area contributed by atoms with Crippen LogP contribution in [0.25, 0.3) is 10.8 Å². The van der Waals surface area contributed by atoms with Gasteiger partial charge in [-0.05, 0) is 29.7 Å². The van der Waals surface area contributed by atoms with Gasteiger partial charge < -0.3 is 19.9 Å². The molecule has 0 fully saturated rings. The molecule has 2 rings (SSSR count). The number of aliphatic hydroxyl groups is 1. The third kappa shape index (κ3) is 3.33. The number of methoxy groups -OCH3 is 2. The van der Waals surface area contributed by atoms with Gasteiger partial charge >= 0.3 is 0 Å². The highest BCUT2D eigenvalue weighted by molar-refractivity contribution is 5.92. The molecule has 0 aliphatic rings. The van der Waals surface area contributed by atoms with Gasteiger partial charge in [0.25, 0.3) is 0 Å².